The maximum atomic E-state index is 12.5. The van der Waals surface area contributed by atoms with Gasteiger partial charge in [0.25, 0.3) is 0 Å². The number of hydrogen-bond donors (Lipinski definition) is 3. The second-order valence-corrected chi connectivity index (χ2v) is 14.8. The molecule has 0 amide bonds. The molecule has 0 aromatic rings. The minimum atomic E-state index is -4.56. The zero-order valence-corrected chi connectivity index (χ0v) is 34.5. The van der Waals surface area contributed by atoms with Crippen molar-refractivity contribution < 1.29 is 43.0 Å². The van der Waals surface area contributed by atoms with E-state index in [2.05, 4.69) is 74.6 Å². The number of phosphoric ester groups is 1. The van der Waals surface area contributed by atoms with Crippen molar-refractivity contribution in [3.63, 3.8) is 0 Å². The predicted octanol–water partition coefficient (Wildman–Crippen LogP) is 11.5. The minimum Gasteiger partial charge on any atom is -0.498 e. The lowest BCUT2D eigenvalue weighted by Crippen LogP contribution is -2.28. The molecule has 3 N–H and O–H groups in total. The van der Waals surface area contributed by atoms with Crippen LogP contribution in [0.3, 0.4) is 0 Å². The molecule has 0 saturated heterocycles. The summed E-state index contributed by atoms with van der Waals surface area (Å²) in [6.45, 7) is 2.66. The van der Waals surface area contributed by atoms with Crippen LogP contribution >= 0.6 is 7.82 Å². The van der Waals surface area contributed by atoms with Crippen molar-refractivity contribution in [1.29, 1.82) is 0 Å². The number of unbranched alkanes of at least 4 members (excludes halogenated alkanes) is 12. The number of aliphatic hydroxyl groups excluding tert-OH is 2. The van der Waals surface area contributed by atoms with Crippen LogP contribution in [0, 0.1) is 0 Å². The van der Waals surface area contributed by atoms with Crippen LogP contribution in [0.15, 0.2) is 85.3 Å². The fraction of sp³-hybridized carbons (Fsp3) is 0.659. The van der Waals surface area contributed by atoms with Crippen molar-refractivity contribution in [1.82, 2.24) is 0 Å². The molecule has 0 aliphatic carbocycles. The molecule has 10 heteroatoms. The Morgan fingerprint density at radius 1 is 0.593 bits per heavy atom. The zero-order chi connectivity index (χ0) is 39.6. The van der Waals surface area contributed by atoms with Crippen LogP contribution in [0.2, 0.25) is 0 Å². The lowest BCUT2D eigenvalue weighted by molar-refractivity contribution is -0.153. The topological polar surface area (TPSA) is 132 Å². The van der Waals surface area contributed by atoms with E-state index in [4.69, 9.17) is 23.6 Å². The molecule has 0 saturated carbocycles. The highest BCUT2D eigenvalue weighted by Crippen LogP contribution is 2.43. The molecule has 0 aromatic carbocycles. The van der Waals surface area contributed by atoms with Gasteiger partial charge in [0, 0.05) is 6.42 Å². The first-order chi connectivity index (χ1) is 26.3. The summed E-state index contributed by atoms with van der Waals surface area (Å²) in [7, 11) is -4.56. The van der Waals surface area contributed by atoms with Gasteiger partial charge in [0.1, 0.15) is 12.7 Å². The lowest BCUT2D eigenvalue weighted by atomic mass is 10.0. The molecule has 0 spiro atoms. The van der Waals surface area contributed by atoms with Gasteiger partial charge < -0.3 is 24.6 Å². The number of hydrogen-bond acceptors (Lipinski definition) is 8. The van der Waals surface area contributed by atoms with Gasteiger partial charge in [0.2, 0.25) is 0 Å². The number of ether oxygens (including phenoxy) is 2. The molecule has 0 heterocycles. The molecule has 0 radical (unpaired) electrons. The van der Waals surface area contributed by atoms with E-state index in [9.17, 15) is 19.4 Å². The monoisotopic (exact) mass is 779 g/mol. The Hall–Kier alpha value is -2.52. The molecule has 0 bridgehead atoms. The predicted molar refractivity (Wildman–Crippen MR) is 223 cm³/mol. The maximum absolute atomic E-state index is 12.5. The molecular formula is C44H75O9P. The van der Waals surface area contributed by atoms with Gasteiger partial charge >= 0.3 is 13.8 Å². The van der Waals surface area contributed by atoms with Crippen molar-refractivity contribution in [2.24, 2.45) is 0 Å². The summed E-state index contributed by atoms with van der Waals surface area (Å²) in [5.74, 6) is -0.489. The van der Waals surface area contributed by atoms with Crippen molar-refractivity contribution in [3.05, 3.63) is 85.3 Å². The fourth-order valence-electron chi connectivity index (χ4n) is 5.05. The number of carbonyl (C=O) groups is 1. The number of phosphoric acid groups is 1. The van der Waals surface area contributed by atoms with E-state index < -0.39 is 45.8 Å². The van der Waals surface area contributed by atoms with Crippen LogP contribution in [0.5, 0.6) is 0 Å². The summed E-state index contributed by atoms with van der Waals surface area (Å²) in [5, 5.41) is 18.3. The third-order valence-corrected chi connectivity index (χ3v) is 9.12. The molecule has 1 unspecified atom stereocenters. The standard InChI is InChI=1S/C44H75O9P/c1-3-5-7-9-11-13-15-17-19-20-21-22-23-24-26-28-30-32-34-36-44(47)53-43(41-52-54(48,49)51-39-42(46)38-45)40-50-37-35-33-31-29-27-25-18-16-14-12-10-8-6-4-2/h5,7,11,13,17,19,21-22,24,26,30,32,35,37,42-43,45-46H,3-4,6,8-10,12,14-16,18,20,23,25,27-29,31,33-34,36,38-41H2,1-2H3,(H,48,49)/b7-5-,13-11-,19-17-,22-21-,26-24-,32-30-,37-35-/t42-,43+/m0/s1. The Bertz CT molecular complexity index is 1110. The number of rotatable bonds is 38. The van der Waals surface area contributed by atoms with Crippen LogP contribution in [0.1, 0.15) is 149 Å². The summed E-state index contributed by atoms with van der Waals surface area (Å²) in [6.07, 6.45) is 49.3. The zero-order valence-electron chi connectivity index (χ0n) is 33.7. The van der Waals surface area contributed by atoms with Crippen LogP contribution in [0.25, 0.3) is 0 Å². The fourth-order valence-corrected chi connectivity index (χ4v) is 5.84. The van der Waals surface area contributed by atoms with E-state index in [-0.39, 0.29) is 13.0 Å². The minimum absolute atomic E-state index is 0.0696. The second-order valence-electron chi connectivity index (χ2n) is 13.3. The molecule has 0 aliphatic heterocycles. The molecule has 9 nitrogen and oxygen atoms in total. The third-order valence-electron chi connectivity index (χ3n) is 8.17. The highest BCUT2D eigenvalue weighted by molar-refractivity contribution is 7.47. The largest absolute Gasteiger partial charge is 0.498 e. The van der Waals surface area contributed by atoms with Gasteiger partial charge in [-0.3, -0.25) is 13.8 Å². The van der Waals surface area contributed by atoms with Gasteiger partial charge in [-0.15, -0.1) is 0 Å². The highest BCUT2D eigenvalue weighted by Gasteiger charge is 2.26. The van der Waals surface area contributed by atoms with Crippen LogP contribution in [-0.2, 0) is 27.9 Å². The van der Waals surface area contributed by atoms with Gasteiger partial charge in [-0.1, -0.05) is 157 Å². The van der Waals surface area contributed by atoms with Crippen molar-refractivity contribution in [2.75, 3.05) is 26.4 Å². The summed E-state index contributed by atoms with van der Waals surface area (Å²) in [6, 6.07) is 0. The Morgan fingerprint density at radius 3 is 1.56 bits per heavy atom. The van der Waals surface area contributed by atoms with Crippen LogP contribution in [0.4, 0.5) is 0 Å². The van der Waals surface area contributed by atoms with E-state index in [1.807, 2.05) is 18.2 Å². The summed E-state index contributed by atoms with van der Waals surface area (Å²) < 4.78 is 33.0. The molecule has 0 rings (SSSR count). The highest BCUT2D eigenvalue weighted by atomic mass is 31.2. The molecular weight excluding hydrogens is 703 g/mol. The molecule has 0 fully saturated rings. The van der Waals surface area contributed by atoms with Gasteiger partial charge in [-0.05, 0) is 63.9 Å². The Labute approximate surface area is 328 Å². The van der Waals surface area contributed by atoms with Gasteiger partial charge in [-0.25, -0.2) is 4.57 Å². The molecule has 0 aliphatic rings. The smallest absolute Gasteiger partial charge is 0.472 e. The van der Waals surface area contributed by atoms with Crippen molar-refractivity contribution in [3.8, 4) is 0 Å². The van der Waals surface area contributed by atoms with Crippen molar-refractivity contribution in [2.45, 2.75) is 161 Å². The van der Waals surface area contributed by atoms with Gasteiger partial charge in [-0.2, -0.15) is 0 Å². The molecule has 310 valence electrons. The molecule has 3 atom stereocenters. The first-order valence-electron chi connectivity index (χ1n) is 20.6. The summed E-state index contributed by atoms with van der Waals surface area (Å²) in [4.78, 5) is 22.5. The first-order valence-corrected chi connectivity index (χ1v) is 22.1. The molecule has 54 heavy (non-hydrogen) atoms. The summed E-state index contributed by atoms with van der Waals surface area (Å²) >= 11 is 0. The second kappa shape index (κ2) is 40.2. The molecule has 0 aromatic heterocycles. The Kier molecular flexibility index (Phi) is 38.3. The average Bonchev–Trinajstić information content (AvgIpc) is 3.16. The number of allylic oxidation sites excluding steroid dienone is 13. The Morgan fingerprint density at radius 2 is 1.06 bits per heavy atom. The quantitative estimate of drug-likeness (QED) is 0.0184. The van der Waals surface area contributed by atoms with Gasteiger partial charge in [0.15, 0.2) is 6.10 Å². The number of aliphatic hydroxyl groups is 2. The first kappa shape index (κ1) is 51.5. The van der Waals surface area contributed by atoms with E-state index in [1.165, 1.54) is 70.6 Å². The van der Waals surface area contributed by atoms with E-state index in [0.29, 0.717) is 6.42 Å². The number of esters is 1. The third kappa shape index (κ3) is 39.2. The Balaban J connectivity index is 4.41. The summed E-state index contributed by atoms with van der Waals surface area (Å²) in [5.41, 5.74) is 0. The normalized spacial score (nSPS) is 14.9. The maximum Gasteiger partial charge on any atom is 0.472 e. The van der Waals surface area contributed by atoms with E-state index >= 15 is 0 Å². The lowest BCUT2D eigenvalue weighted by Gasteiger charge is -2.20. The number of carbonyl (C=O) groups excluding carboxylic acids is 1. The van der Waals surface area contributed by atoms with Gasteiger partial charge in [0.05, 0.1) is 26.1 Å². The van der Waals surface area contributed by atoms with E-state index in [0.717, 1.165) is 51.4 Å². The SMILES string of the molecule is CC/C=C\C/C=C\C/C=C\C/C=C\C/C=C\C/C=C\CCC(=O)O[C@H](CO/C=C\CCCCCCCCCCCCCC)COP(=O)(O)OC[C@@H](O)CO. The average molecular weight is 779 g/mol. The van der Waals surface area contributed by atoms with Crippen LogP contribution in [-0.4, -0.2) is 59.7 Å². The van der Waals surface area contributed by atoms with E-state index in [1.54, 1.807) is 6.26 Å². The van der Waals surface area contributed by atoms with Crippen LogP contribution < -0.4 is 0 Å². The van der Waals surface area contributed by atoms with Crippen molar-refractivity contribution >= 4 is 13.8 Å².